The van der Waals surface area contributed by atoms with E-state index in [-0.39, 0.29) is 6.04 Å². The van der Waals surface area contributed by atoms with Crippen LogP contribution in [0.25, 0.3) is 0 Å². The second-order valence-electron chi connectivity index (χ2n) is 4.63. The molecule has 0 aromatic carbocycles. The van der Waals surface area contributed by atoms with Gasteiger partial charge in [0.1, 0.15) is 0 Å². The van der Waals surface area contributed by atoms with E-state index in [1.54, 1.807) is 10.9 Å². The predicted octanol–water partition coefficient (Wildman–Crippen LogP) is 0.0793. The molecule has 3 heterocycles. The molecule has 1 aromatic rings. The van der Waals surface area contributed by atoms with Crippen LogP contribution in [0.5, 0.6) is 0 Å². The lowest BCUT2D eigenvalue weighted by Crippen LogP contribution is -2.57. The van der Waals surface area contributed by atoms with Gasteiger partial charge in [0.25, 0.3) is 10.2 Å². The summed E-state index contributed by atoms with van der Waals surface area (Å²) >= 11 is 3.33. The van der Waals surface area contributed by atoms with Gasteiger partial charge >= 0.3 is 0 Å². The molecule has 2 aliphatic heterocycles. The normalized spacial score (nSPS) is 23.4. The maximum absolute atomic E-state index is 12.3. The Morgan fingerprint density at radius 3 is 2.53 bits per heavy atom. The van der Waals surface area contributed by atoms with E-state index in [1.165, 1.54) is 8.61 Å². The van der Waals surface area contributed by atoms with E-state index < -0.39 is 10.2 Å². The second kappa shape index (κ2) is 5.13. The van der Waals surface area contributed by atoms with Crippen molar-refractivity contribution in [3.63, 3.8) is 0 Å². The smallest absolute Gasteiger partial charge is 0.282 e. The summed E-state index contributed by atoms with van der Waals surface area (Å²) in [6.07, 6.45) is 3.57. The Bertz CT molecular complexity index is 549. The zero-order valence-electron chi connectivity index (χ0n) is 10.3. The molecule has 0 N–H and O–H groups in total. The van der Waals surface area contributed by atoms with Gasteiger partial charge in [0.2, 0.25) is 0 Å². The molecule has 0 spiro atoms. The van der Waals surface area contributed by atoms with Crippen molar-refractivity contribution >= 4 is 26.1 Å². The number of aromatic nitrogens is 2. The van der Waals surface area contributed by atoms with Crippen molar-refractivity contribution in [2.45, 2.75) is 6.04 Å². The molecular weight excluding hydrogens is 336 g/mol. The summed E-state index contributed by atoms with van der Waals surface area (Å²) in [5.74, 6) is 0. The van der Waals surface area contributed by atoms with Crippen LogP contribution in [0.15, 0.2) is 16.9 Å². The van der Waals surface area contributed by atoms with Gasteiger partial charge in [0.05, 0.1) is 29.9 Å². The largest absolute Gasteiger partial charge is 0.379 e. The van der Waals surface area contributed by atoms with Gasteiger partial charge < -0.3 is 4.74 Å². The van der Waals surface area contributed by atoms with Crippen molar-refractivity contribution in [2.24, 2.45) is 0 Å². The van der Waals surface area contributed by atoms with Crippen LogP contribution < -0.4 is 0 Å². The van der Waals surface area contributed by atoms with E-state index in [4.69, 9.17) is 4.74 Å². The van der Waals surface area contributed by atoms with Crippen LogP contribution in [0.4, 0.5) is 0 Å². The average Bonchev–Trinajstić information content (AvgIpc) is 2.74. The summed E-state index contributed by atoms with van der Waals surface area (Å²) < 4.78 is 35.5. The molecule has 106 valence electrons. The summed E-state index contributed by atoms with van der Waals surface area (Å²) in [7, 11) is -3.33. The highest BCUT2D eigenvalue weighted by atomic mass is 79.9. The average molecular weight is 351 g/mol. The molecule has 0 unspecified atom stereocenters. The highest BCUT2D eigenvalue weighted by molar-refractivity contribution is 9.10. The third kappa shape index (κ3) is 2.57. The Balaban J connectivity index is 1.63. The summed E-state index contributed by atoms with van der Waals surface area (Å²) in [4.78, 5) is 0. The lowest BCUT2D eigenvalue weighted by atomic mass is 10.2. The molecule has 9 heteroatoms. The van der Waals surface area contributed by atoms with Crippen LogP contribution in [0.1, 0.15) is 6.04 Å². The van der Waals surface area contributed by atoms with Crippen molar-refractivity contribution in [1.29, 1.82) is 0 Å². The third-order valence-electron chi connectivity index (χ3n) is 3.40. The van der Waals surface area contributed by atoms with Gasteiger partial charge in [-0.3, -0.25) is 4.68 Å². The first-order valence-electron chi connectivity index (χ1n) is 6.10. The number of nitrogens with zero attached hydrogens (tertiary/aromatic N) is 4. The van der Waals surface area contributed by atoms with E-state index in [0.717, 1.165) is 4.47 Å². The van der Waals surface area contributed by atoms with Gasteiger partial charge in [-0.2, -0.15) is 22.1 Å². The van der Waals surface area contributed by atoms with Gasteiger partial charge in [-0.15, -0.1) is 0 Å². The molecular formula is C10H15BrN4O3S. The van der Waals surface area contributed by atoms with Crippen molar-refractivity contribution in [3.05, 3.63) is 16.9 Å². The monoisotopic (exact) mass is 350 g/mol. The highest BCUT2D eigenvalue weighted by Gasteiger charge is 2.40. The number of rotatable bonds is 3. The molecule has 2 saturated heterocycles. The van der Waals surface area contributed by atoms with Crippen LogP contribution in [0, 0.1) is 0 Å². The Kier molecular flexibility index (Phi) is 3.65. The predicted molar refractivity (Wildman–Crippen MR) is 71.8 cm³/mol. The van der Waals surface area contributed by atoms with Crippen LogP contribution in [-0.2, 0) is 14.9 Å². The fourth-order valence-corrected chi connectivity index (χ4v) is 4.19. The van der Waals surface area contributed by atoms with Crippen LogP contribution in [0.3, 0.4) is 0 Å². The molecule has 7 nitrogen and oxygen atoms in total. The molecule has 1 aromatic heterocycles. The molecule has 0 atom stereocenters. The molecule has 3 rings (SSSR count). The Morgan fingerprint density at radius 1 is 1.26 bits per heavy atom. The maximum atomic E-state index is 12.3. The first-order valence-corrected chi connectivity index (χ1v) is 8.29. The molecule has 0 radical (unpaired) electrons. The standard InChI is InChI=1S/C10H15BrN4O3S/c11-9-5-12-15(6-9)10-7-14(8-10)19(16,17)13-1-3-18-4-2-13/h5-6,10H,1-4,7-8H2. The number of hydrogen-bond donors (Lipinski definition) is 0. The van der Waals surface area contributed by atoms with Crippen molar-refractivity contribution in [1.82, 2.24) is 18.4 Å². The maximum Gasteiger partial charge on any atom is 0.282 e. The molecule has 0 saturated carbocycles. The number of hydrogen-bond acceptors (Lipinski definition) is 4. The lowest BCUT2D eigenvalue weighted by molar-refractivity contribution is 0.0663. The summed E-state index contributed by atoms with van der Waals surface area (Å²) in [6, 6.07) is 0.127. The molecule has 19 heavy (non-hydrogen) atoms. The number of morpholine rings is 1. The van der Waals surface area contributed by atoms with E-state index in [1.807, 2.05) is 6.20 Å². The summed E-state index contributed by atoms with van der Waals surface area (Å²) in [5.41, 5.74) is 0. The minimum absolute atomic E-state index is 0.127. The minimum atomic E-state index is -3.33. The van der Waals surface area contributed by atoms with Crippen LogP contribution in [0.2, 0.25) is 0 Å². The van der Waals surface area contributed by atoms with Gasteiger partial charge in [0.15, 0.2) is 0 Å². The molecule has 2 aliphatic rings. The Hall–Kier alpha value is -0.480. The van der Waals surface area contributed by atoms with Crippen molar-refractivity contribution in [3.8, 4) is 0 Å². The summed E-state index contributed by atoms with van der Waals surface area (Å²) in [6.45, 7) is 2.79. The summed E-state index contributed by atoms with van der Waals surface area (Å²) in [5, 5.41) is 4.18. The lowest BCUT2D eigenvalue weighted by Gasteiger charge is -2.41. The van der Waals surface area contributed by atoms with E-state index in [2.05, 4.69) is 21.0 Å². The third-order valence-corrected chi connectivity index (χ3v) is 5.77. The van der Waals surface area contributed by atoms with Gasteiger partial charge in [-0.05, 0) is 15.9 Å². The molecule has 0 bridgehead atoms. The van der Waals surface area contributed by atoms with Gasteiger partial charge in [-0.25, -0.2) is 0 Å². The van der Waals surface area contributed by atoms with Gasteiger partial charge in [0, 0.05) is 32.4 Å². The van der Waals surface area contributed by atoms with Crippen molar-refractivity contribution in [2.75, 3.05) is 39.4 Å². The number of ether oxygens (including phenoxy) is 1. The van der Waals surface area contributed by atoms with E-state index >= 15 is 0 Å². The molecule has 0 aliphatic carbocycles. The van der Waals surface area contributed by atoms with E-state index in [0.29, 0.717) is 39.4 Å². The quantitative estimate of drug-likeness (QED) is 0.774. The first-order chi connectivity index (χ1) is 9.07. The van der Waals surface area contributed by atoms with Crippen LogP contribution >= 0.6 is 15.9 Å². The molecule has 2 fully saturated rings. The Labute approximate surface area is 120 Å². The van der Waals surface area contributed by atoms with Gasteiger partial charge in [-0.1, -0.05) is 0 Å². The fourth-order valence-electron chi connectivity index (χ4n) is 2.23. The van der Waals surface area contributed by atoms with E-state index in [9.17, 15) is 8.42 Å². The first kappa shape index (κ1) is 13.5. The Morgan fingerprint density at radius 2 is 1.95 bits per heavy atom. The molecule has 0 amide bonds. The fraction of sp³-hybridized carbons (Fsp3) is 0.700. The second-order valence-corrected chi connectivity index (χ2v) is 7.47. The SMILES string of the molecule is O=S(=O)(N1CCOCC1)N1CC(n2cc(Br)cn2)C1. The topological polar surface area (TPSA) is 67.7 Å². The zero-order chi connectivity index (χ0) is 13.5. The van der Waals surface area contributed by atoms with Crippen molar-refractivity contribution < 1.29 is 13.2 Å². The highest BCUT2D eigenvalue weighted by Crippen LogP contribution is 2.26. The zero-order valence-corrected chi connectivity index (χ0v) is 12.7. The number of halogens is 1. The van der Waals surface area contributed by atoms with Crippen LogP contribution in [-0.4, -0.2) is 66.2 Å². The minimum Gasteiger partial charge on any atom is -0.379 e.